The van der Waals surface area contributed by atoms with Crippen LogP contribution in [0.1, 0.15) is 22.8 Å². The minimum atomic E-state index is -4.48. The lowest BCUT2D eigenvalue weighted by molar-refractivity contribution is -0.137. The Hall–Kier alpha value is -1.90. The van der Waals surface area contributed by atoms with E-state index in [0.29, 0.717) is 0 Å². The predicted molar refractivity (Wildman–Crippen MR) is 80.7 cm³/mol. The van der Waals surface area contributed by atoms with Crippen LogP contribution < -0.4 is 0 Å². The quantitative estimate of drug-likeness (QED) is 0.830. The molecule has 0 unspecified atom stereocenters. The van der Waals surface area contributed by atoms with Crippen LogP contribution in [0.15, 0.2) is 53.4 Å². The summed E-state index contributed by atoms with van der Waals surface area (Å²) in [4.78, 5) is -0.0623. The zero-order valence-electron chi connectivity index (χ0n) is 12.6. The highest BCUT2D eigenvalue weighted by Crippen LogP contribution is 2.30. The smallest absolute Gasteiger partial charge is 0.386 e. The highest BCUT2D eigenvalue weighted by molar-refractivity contribution is 7.86. The van der Waals surface area contributed by atoms with Crippen molar-refractivity contribution in [1.82, 2.24) is 0 Å². The van der Waals surface area contributed by atoms with Gasteiger partial charge in [0, 0.05) is 0 Å². The standard InChI is InChI=1S/C16H15F3O4S/c1-11-2-8-14(9-3-11)24(21,22)23-10-15(20)12-4-6-13(7-5-12)16(17,18)19/h2-9,15,20H,10H2,1H3/t15-/m0/s1. The summed E-state index contributed by atoms with van der Waals surface area (Å²) >= 11 is 0. The third-order valence-corrected chi connectivity index (χ3v) is 4.61. The molecule has 2 aromatic rings. The van der Waals surface area contributed by atoms with Crippen molar-refractivity contribution in [2.75, 3.05) is 6.61 Å². The minimum absolute atomic E-state index is 0.0623. The Morgan fingerprint density at radius 2 is 1.58 bits per heavy atom. The number of hydrogen-bond acceptors (Lipinski definition) is 4. The second-order valence-electron chi connectivity index (χ2n) is 5.19. The molecule has 1 N–H and O–H groups in total. The zero-order chi connectivity index (χ0) is 18.0. The zero-order valence-corrected chi connectivity index (χ0v) is 13.4. The molecule has 24 heavy (non-hydrogen) atoms. The van der Waals surface area contributed by atoms with Crippen molar-refractivity contribution in [2.24, 2.45) is 0 Å². The molecule has 0 saturated heterocycles. The second kappa shape index (κ2) is 6.92. The van der Waals surface area contributed by atoms with Crippen molar-refractivity contribution in [1.29, 1.82) is 0 Å². The van der Waals surface area contributed by atoms with Crippen LogP contribution in [-0.2, 0) is 20.5 Å². The molecule has 0 spiro atoms. The van der Waals surface area contributed by atoms with E-state index in [1.54, 1.807) is 19.1 Å². The first-order valence-corrected chi connectivity index (χ1v) is 8.32. The van der Waals surface area contributed by atoms with Crippen molar-refractivity contribution in [3.05, 3.63) is 65.2 Å². The van der Waals surface area contributed by atoms with Crippen molar-refractivity contribution in [2.45, 2.75) is 24.1 Å². The Bertz CT molecular complexity index is 782. The Morgan fingerprint density at radius 3 is 2.08 bits per heavy atom. The highest BCUT2D eigenvalue weighted by atomic mass is 32.2. The Balaban J connectivity index is 2.04. The van der Waals surface area contributed by atoms with Crippen LogP contribution in [0.3, 0.4) is 0 Å². The van der Waals surface area contributed by atoms with Crippen molar-refractivity contribution in [3.8, 4) is 0 Å². The van der Waals surface area contributed by atoms with E-state index in [9.17, 15) is 26.7 Å². The number of alkyl halides is 3. The fraction of sp³-hybridized carbons (Fsp3) is 0.250. The van der Waals surface area contributed by atoms with Gasteiger partial charge in [0.15, 0.2) is 0 Å². The molecule has 2 aromatic carbocycles. The van der Waals surface area contributed by atoms with Crippen LogP contribution >= 0.6 is 0 Å². The summed E-state index contributed by atoms with van der Waals surface area (Å²) in [7, 11) is -4.05. The number of benzene rings is 2. The number of halogens is 3. The summed E-state index contributed by atoms with van der Waals surface area (Å²) in [6.07, 6.45) is -5.85. The maximum Gasteiger partial charge on any atom is 0.416 e. The van der Waals surface area contributed by atoms with Crippen LogP contribution in [0.2, 0.25) is 0 Å². The van der Waals surface area contributed by atoms with E-state index < -0.39 is 34.6 Å². The molecular weight excluding hydrogens is 345 g/mol. The van der Waals surface area contributed by atoms with Crippen molar-refractivity contribution in [3.63, 3.8) is 0 Å². The average Bonchev–Trinajstić information content (AvgIpc) is 2.52. The summed E-state index contributed by atoms with van der Waals surface area (Å²) in [6.45, 7) is 1.20. The first-order valence-electron chi connectivity index (χ1n) is 6.91. The number of aliphatic hydroxyl groups is 1. The molecule has 0 aliphatic heterocycles. The fourth-order valence-electron chi connectivity index (χ4n) is 1.92. The van der Waals surface area contributed by atoms with Gasteiger partial charge < -0.3 is 5.11 Å². The molecule has 0 amide bonds. The number of aryl methyl sites for hydroxylation is 1. The van der Waals surface area contributed by atoms with Gasteiger partial charge in [-0.25, -0.2) is 0 Å². The van der Waals surface area contributed by atoms with E-state index in [2.05, 4.69) is 0 Å². The summed E-state index contributed by atoms with van der Waals surface area (Å²) in [5.41, 5.74) is 0.146. The lowest BCUT2D eigenvalue weighted by atomic mass is 10.1. The number of hydrogen-bond donors (Lipinski definition) is 1. The Morgan fingerprint density at radius 1 is 1.04 bits per heavy atom. The summed E-state index contributed by atoms with van der Waals surface area (Å²) < 4.78 is 66.2. The highest BCUT2D eigenvalue weighted by Gasteiger charge is 2.30. The molecular formula is C16H15F3O4S. The van der Waals surface area contributed by atoms with E-state index in [1.165, 1.54) is 12.1 Å². The van der Waals surface area contributed by atoms with Gasteiger partial charge in [-0.3, -0.25) is 4.18 Å². The maximum atomic E-state index is 12.5. The van der Waals surface area contributed by atoms with Gasteiger partial charge in [0.25, 0.3) is 10.1 Å². The van der Waals surface area contributed by atoms with Crippen LogP contribution in [0.5, 0.6) is 0 Å². The van der Waals surface area contributed by atoms with Gasteiger partial charge in [0.1, 0.15) is 6.10 Å². The number of rotatable bonds is 5. The van der Waals surface area contributed by atoms with Crippen LogP contribution in [0.25, 0.3) is 0 Å². The number of aliphatic hydroxyl groups excluding tert-OH is 1. The van der Waals surface area contributed by atoms with Gasteiger partial charge in [-0.05, 0) is 36.8 Å². The van der Waals surface area contributed by atoms with Gasteiger partial charge in [-0.1, -0.05) is 29.8 Å². The van der Waals surface area contributed by atoms with E-state index in [-0.39, 0.29) is 10.5 Å². The lowest BCUT2D eigenvalue weighted by Gasteiger charge is -2.13. The average molecular weight is 360 g/mol. The van der Waals surface area contributed by atoms with Gasteiger partial charge in [0.05, 0.1) is 17.1 Å². The summed E-state index contributed by atoms with van der Waals surface area (Å²) in [5, 5.41) is 9.90. The molecule has 4 nitrogen and oxygen atoms in total. The van der Waals surface area contributed by atoms with E-state index in [0.717, 1.165) is 29.8 Å². The minimum Gasteiger partial charge on any atom is -0.386 e. The molecule has 0 bridgehead atoms. The summed E-state index contributed by atoms with van der Waals surface area (Å²) in [5.74, 6) is 0. The van der Waals surface area contributed by atoms with Gasteiger partial charge >= 0.3 is 6.18 Å². The monoisotopic (exact) mass is 360 g/mol. The molecule has 0 fully saturated rings. The predicted octanol–water partition coefficient (Wildman–Crippen LogP) is 3.45. The molecule has 2 rings (SSSR count). The van der Waals surface area contributed by atoms with Gasteiger partial charge in [0.2, 0.25) is 0 Å². The van der Waals surface area contributed by atoms with Crippen LogP contribution in [-0.4, -0.2) is 20.1 Å². The van der Waals surface area contributed by atoms with Crippen LogP contribution in [0.4, 0.5) is 13.2 Å². The molecule has 1 atom stereocenters. The Labute approximate surface area is 137 Å². The molecule has 130 valence electrons. The molecule has 0 aliphatic rings. The molecule has 0 aliphatic carbocycles. The van der Waals surface area contributed by atoms with E-state index >= 15 is 0 Å². The molecule has 0 heterocycles. The van der Waals surface area contributed by atoms with E-state index in [4.69, 9.17) is 4.18 Å². The van der Waals surface area contributed by atoms with Crippen LogP contribution in [0, 0.1) is 6.92 Å². The SMILES string of the molecule is Cc1ccc(S(=O)(=O)OC[C@H](O)c2ccc(C(F)(F)F)cc2)cc1. The largest absolute Gasteiger partial charge is 0.416 e. The molecule has 0 aromatic heterocycles. The molecule has 8 heteroatoms. The fourth-order valence-corrected chi connectivity index (χ4v) is 2.83. The topological polar surface area (TPSA) is 63.6 Å². The first-order chi connectivity index (χ1) is 11.1. The molecule has 0 radical (unpaired) electrons. The van der Waals surface area contributed by atoms with Crippen molar-refractivity contribution >= 4 is 10.1 Å². The first kappa shape index (κ1) is 18.4. The lowest BCUT2D eigenvalue weighted by Crippen LogP contribution is -2.14. The second-order valence-corrected chi connectivity index (χ2v) is 6.80. The van der Waals surface area contributed by atoms with Crippen molar-refractivity contribution < 1.29 is 30.9 Å². The normalized spacial score (nSPS) is 13.7. The van der Waals surface area contributed by atoms with Gasteiger partial charge in [-0.15, -0.1) is 0 Å². The Kier molecular flexibility index (Phi) is 5.32. The summed E-state index contributed by atoms with van der Waals surface area (Å²) in [6, 6.07) is 9.72. The molecule has 0 saturated carbocycles. The third-order valence-electron chi connectivity index (χ3n) is 3.31. The van der Waals surface area contributed by atoms with E-state index in [1.807, 2.05) is 0 Å². The third kappa shape index (κ3) is 4.56. The van der Waals surface area contributed by atoms with Gasteiger partial charge in [-0.2, -0.15) is 21.6 Å². The maximum absolute atomic E-state index is 12.5.